The Hall–Kier alpha value is -1.36. The molecule has 5 heteroatoms. The molecule has 4 nitrogen and oxygen atoms in total. The molecule has 0 aliphatic carbocycles. The molecule has 0 aromatic carbocycles. The number of fused-ring (bicyclic) bond motifs is 1. The second-order valence-electron chi connectivity index (χ2n) is 6.11. The number of hydrogen-bond donors (Lipinski definition) is 1. The van der Waals surface area contributed by atoms with Crippen LogP contribution in [0, 0.1) is 5.92 Å². The maximum atomic E-state index is 4.82. The summed E-state index contributed by atoms with van der Waals surface area (Å²) in [6.45, 7) is 8.84. The molecule has 1 N–H and O–H groups in total. The zero-order chi connectivity index (χ0) is 14.8. The quantitative estimate of drug-likeness (QED) is 0.921. The van der Waals surface area contributed by atoms with E-state index in [4.69, 9.17) is 4.98 Å². The third kappa shape index (κ3) is 2.98. The molecule has 21 heavy (non-hydrogen) atoms. The van der Waals surface area contributed by atoms with Gasteiger partial charge in [-0.25, -0.2) is 4.98 Å². The third-order valence-electron chi connectivity index (χ3n) is 4.25. The Morgan fingerprint density at radius 3 is 3.00 bits per heavy atom. The highest BCUT2D eigenvalue weighted by atomic mass is 32.1. The van der Waals surface area contributed by atoms with Gasteiger partial charge in [-0.2, -0.15) is 4.98 Å². The lowest BCUT2D eigenvalue weighted by Crippen LogP contribution is -2.40. The fraction of sp³-hybridized carbons (Fsp3) is 0.625. The zero-order valence-corrected chi connectivity index (χ0v) is 13.9. The number of nitrogens with zero attached hydrogens (tertiary/aromatic N) is 3. The van der Waals surface area contributed by atoms with Crippen LogP contribution in [0.25, 0.3) is 10.2 Å². The monoisotopic (exact) mass is 304 g/mol. The molecule has 0 saturated carbocycles. The summed E-state index contributed by atoms with van der Waals surface area (Å²) in [5.41, 5.74) is 0. The normalized spacial score (nSPS) is 22.7. The van der Waals surface area contributed by atoms with Gasteiger partial charge in [-0.1, -0.05) is 13.8 Å². The fourth-order valence-electron chi connectivity index (χ4n) is 3.10. The molecular formula is C16H24N4S. The second-order valence-corrected chi connectivity index (χ2v) is 7.00. The van der Waals surface area contributed by atoms with Crippen LogP contribution >= 0.6 is 11.3 Å². The number of hydrogen-bond acceptors (Lipinski definition) is 5. The molecule has 1 aliphatic heterocycles. The predicted molar refractivity (Wildman–Crippen MR) is 91.4 cm³/mol. The van der Waals surface area contributed by atoms with E-state index in [1.807, 2.05) is 0 Å². The largest absolute Gasteiger partial charge is 0.354 e. The lowest BCUT2D eigenvalue weighted by molar-refractivity contribution is 0.376. The van der Waals surface area contributed by atoms with E-state index in [2.05, 4.69) is 47.4 Å². The summed E-state index contributed by atoms with van der Waals surface area (Å²) < 4.78 is 0. The molecule has 2 aromatic heterocycles. The van der Waals surface area contributed by atoms with Gasteiger partial charge in [0.15, 0.2) is 0 Å². The molecule has 0 bridgehead atoms. The minimum atomic E-state index is 0.547. The maximum Gasteiger partial charge on any atom is 0.226 e. The van der Waals surface area contributed by atoms with Crippen molar-refractivity contribution in [3.05, 3.63) is 11.4 Å². The summed E-state index contributed by atoms with van der Waals surface area (Å²) in [5, 5.41) is 6.65. The number of nitrogens with one attached hydrogen (secondary N) is 1. The van der Waals surface area contributed by atoms with Crippen molar-refractivity contribution in [2.24, 2.45) is 5.92 Å². The van der Waals surface area contributed by atoms with Crippen LogP contribution in [0.5, 0.6) is 0 Å². The number of rotatable bonds is 4. The van der Waals surface area contributed by atoms with Crippen LogP contribution in [0.3, 0.4) is 0 Å². The van der Waals surface area contributed by atoms with E-state index in [9.17, 15) is 0 Å². The van der Waals surface area contributed by atoms with Gasteiger partial charge < -0.3 is 10.2 Å². The van der Waals surface area contributed by atoms with E-state index >= 15 is 0 Å². The molecule has 2 unspecified atom stereocenters. The number of anilines is 2. The van der Waals surface area contributed by atoms with Crippen LogP contribution in [-0.4, -0.2) is 29.1 Å². The fourth-order valence-corrected chi connectivity index (χ4v) is 3.85. The summed E-state index contributed by atoms with van der Waals surface area (Å²) >= 11 is 1.70. The lowest BCUT2D eigenvalue weighted by atomic mass is 9.93. The van der Waals surface area contributed by atoms with E-state index in [-0.39, 0.29) is 0 Å². The van der Waals surface area contributed by atoms with Crippen molar-refractivity contribution in [1.29, 1.82) is 0 Å². The van der Waals surface area contributed by atoms with Crippen LogP contribution in [0.1, 0.15) is 40.0 Å². The summed E-state index contributed by atoms with van der Waals surface area (Å²) in [7, 11) is 0. The van der Waals surface area contributed by atoms with Crippen LogP contribution in [0.4, 0.5) is 11.8 Å². The topological polar surface area (TPSA) is 41.1 Å². The highest BCUT2D eigenvalue weighted by molar-refractivity contribution is 7.16. The van der Waals surface area contributed by atoms with E-state index in [1.54, 1.807) is 11.3 Å². The summed E-state index contributed by atoms with van der Waals surface area (Å²) in [4.78, 5) is 13.0. The van der Waals surface area contributed by atoms with Gasteiger partial charge in [0, 0.05) is 19.1 Å². The maximum absolute atomic E-state index is 4.82. The van der Waals surface area contributed by atoms with Crippen LogP contribution in [0.15, 0.2) is 11.4 Å². The number of thiophene rings is 1. The smallest absolute Gasteiger partial charge is 0.226 e. The average molecular weight is 304 g/mol. The van der Waals surface area contributed by atoms with Gasteiger partial charge in [0.25, 0.3) is 0 Å². The molecule has 2 aromatic rings. The minimum absolute atomic E-state index is 0.547. The molecule has 1 saturated heterocycles. The van der Waals surface area contributed by atoms with E-state index < -0.39 is 0 Å². The van der Waals surface area contributed by atoms with Gasteiger partial charge in [-0.05, 0) is 43.6 Å². The van der Waals surface area contributed by atoms with Gasteiger partial charge in [-0.15, -0.1) is 11.3 Å². The Balaban J connectivity index is 1.97. The van der Waals surface area contributed by atoms with Crippen molar-refractivity contribution in [2.45, 2.75) is 46.1 Å². The first-order valence-electron chi connectivity index (χ1n) is 7.94. The Bertz CT molecular complexity index is 609. The molecule has 114 valence electrons. The van der Waals surface area contributed by atoms with Crippen LogP contribution < -0.4 is 10.2 Å². The van der Waals surface area contributed by atoms with Crippen LogP contribution in [-0.2, 0) is 0 Å². The highest BCUT2D eigenvalue weighted by Crippen LogP contribution is 2.33. The molecule has 3 heterocycles. The third-order valence-corrected chi connectivity index (χ3v) is 5.06. The standard InChI is InChI=1S/C16H24N4S/c1-4-7-17-16-18-14(13-6-9-21-15(13)19-16)20-8-5-11(2)10-12(20)3/h6,9,11-12H,4-5,7-8,10H2,1-3H3,(H,17,18,19). The Morgan fingerprint density at radius 1 is 1.38 bits per heavy atom. The highest BCUT2D eigenvalue weighted by Gasteiger charge is 2.26. The van der Waals surface area contributed by atoms with Crippen molar-refractivity contribution >= 4 is 33.3 Å². The van der Waals surface area contributed by atoms with Crippen LogP contribution in [0.2, 0.25) is 0 Å². The van der Waals surface area contributed by atoms with Crippen molar-refractivity contribution in [1.82, 2.24) is 9.97 Å². The van der Waals surface area contributed by atoms with E-state index in [0.29, 0.717) is 6.04 Å². The molecule has 2 atom stereocenters. The Kier molecular flexibility index (Phi) is 4.29. The Labute approximate surface area is 130 Å². The number of piperidine rings is 1. The molecule has 1 fully saturated rings. The zero-order valence-electron chi connectivity index (χ0n) is 13.1. The van der Waals surface area contributed by atoms with Gasteiger partial charge >= 0.3 is 0 Å². The SMILES string of the molecule is CCCNc1nc(N2CCC(C)CC2C)c2ccsc2n1. The minimum Gasteiger partial charge on any atom is -0.354 e. The van der Waals surface area contributed by atoms with Crippen molar-refractivity contribution < 1.29 is 0 Å². The number of aromatic nitrogens is 2. The van der Waals surface area contributed by atoms with Gasteiger partial charge in [-0.3, -0.25) is 0 Å². The van der Waals surface area contributed by atoms with Gasteiger partial charge in [0.2, 0.25) is 5.95 Å². The van der Waals surface area contributed by atoms with Crippen molar-refractivity contribution in [2.75, 3.05) is 23.3 Å². The molecule has 3 rings (SSSR count). The van der Waals surface area contributed by atoms with Gasteiger partial charge in [0.05, 0.1) is 5.39 Å². The van der Waals surface area contributed by atoms with E-state index in [0.717, 1.165) is 42.0 Å². The molecular weight excluding hydrogens is 280 g/mol. The first-order valence-corrected chi connectivity index (χ1v) is 8.82. The molecule has 0 amide bonds. The lowest BCUT2D eigenvalue weighted by Gasteiger charge is -2.37. The summed E-state index contributed by atoms with van der Waals surface area (Å²) in [6, 6.07) is 2.70. The summed E-state index contributed by atoms with van der Waals surface area (Å²) in [5.74, 6) is 2.70. The summed E-state index contributed by atoms with van der Waals surface area (Å²) in [6.07, 6.45) is 3.57. The average Bonchev–Trinajstić information content (AvgIpc) is 2.93. The first kappa shape index (κ1) is 14.6. The molecule has 0 spiro atoms. The molecule has 1 aliphatic rings. The second kappa shape index (κ2) is 6.18. The van der Waals surface area contributed by atoms with Crippen molar-refractivity contribution in [3.8, 4) is 0 Å². The molecule has 0 radical (unpaired) electrons. The Morgan fingerprint density at radius 2 is 2.24 bits per heavy atom. The predicted octanol–water partition coefficient (Wildman–Crippen LogP) is 4.14. The van der Waals surface area contributed by atoms with Gasteiger partial charge in [0.1, 0.15) is 10.6 Å². The first-order chi connectivity index (χ1) is 10.2. The van der Waals surface area contributed by atoms with E-state index in [1.165, 1.54) is 18.2 Å². The van der Waals surface area contributed by atoms with Crippen molar-refractivity contribution in [3.63, 3.8) is 0 Å².